The highest BCUT2D eigenvalue weighted by molar-refractivity contribution is 5.78. The van der Waals surface area contributed by atoms with Crippen LogP contribution in [0.3, 0.4) is 0 Å². The van der Waals surface area contributed by atoms with Gasteiger partial charge in [0.25, 0.3) is 0 Å². The molecule has 0 fully saturated rings. The molecule has 1 atom stereocenters. The van der Waals surface area contributed by atoms with Crippen LogP contribution in [0.2, 0.25) is 0 Å². The van der Waals surface area contributed by atoms with Gasteiger partial charge < -0.3 is 10.0 Å². The summed E-state index contributed by atoms with van der Waals surface area (Å²) in [6.07, 6.45) is 45.1. The number of ketones is 1. The van der Waals surface area contributed by atoms with Crippen LogP contribution in [0.1, 0.15) is 232 Å². The van der Waals surface area contributed by atoms with Crippen LogP contribution >= 0.6 is 0 Å². The molecular formula is C41H83NO2. The summed E-state index contributed by atoms with van der Waals surface area (Å²) in [5.74, 6) is 0.276. The van der Waals surface area contributed by atoms with Gasteiger partial charge in [0, 0.05) is 12.8 Å². The number of hydrogen-bond donors (Lipinski definition) is 1. The van der Waals surface area contributed by atoms with Gasteiger partial charge in [-0.05, 0) is 39.9 Å². The third-order valence-corrected chi connectivity index (χ3v) is 9.67. The number of Topliss-reactive ketones (excluding diaryl/α,β-unsaturated/α-hetero) is 1. The minimum absolute atomic E-state index is 0.276. The first-order valence-electron chi connectivity index (χ1n) is 20.4. The highest BCUT2D eigenvalue weighted by Gasteiger charge is 2.10. The van der Waals surface area contributed by atoms with E-state index in [1.807, 2.05) is 0 Å². The largest absolute Gasteiger partial charge is 0.393 e. The Morgan fingerprint density at radius 2 is 0.750 bits per heavy atom. The van der Waals surface area contributed by atoms with Crippen LogP contribution in [0.25, 0.3) is 0 Å². The summed E-state index contributed by atoms with van der Waals surface area (Å²) in [5.41, 5.74) is 0. The Hall–Kier alpha value is -0.410. The second-order valence-electron chi connectivity index (χ2n) is 14.7. The lowest BCUT2D eigenvalue weighted by Gasteiger charge is -2.10. The lowest BCUT2D eigenvalue weighted by Crippen LogP contribution is -2.13. The standard InChI is InChI=1S/C41H83NO2/c1-4-5-6-7-8-9-10-11-15-18-21-24-27-30-33-36-40(43)39-41(44)37-34-31-28-25-22-19-16-13-12-14-17-20-23-26-29-32-35-38-42(2)3/h41,44H,4-39H2,1-3H3. The number of hydrogen-bond acceptors (Lipinski definition) is 3. The van der Waals surface area contributed by atoms with E-state index < -0.39 is 6.10 Å². The minimum atomic E-state index is -0.410. The first kappa shape index (κ1) is 43.6. The number of aliphatic hydroxyl groups is 1. The fourth-order valence-electron chi connectivity index (χ4n) is 6.62. The Labute approximate surface area is 278 Å². The van der Waals surface area contributed by atoms with Gasteiger partial charge in [0.05, 0.1) is 6.10 Å². The van der Waals surface area contributed by atoms with Gasteiger partial charge in [0.1, 0.15) is 5.78 Å². The maximum absolute atomic E-state index is 12.2. The summed E-state index contributed by atoms with van der Waals surface area (Å²) >= 11 is 0. The van der Waals surface area contributed by atoms with Gasteiger partial charge in [-0.3, -0.25) is 4.79 Å². The monoisotopic (exact) mass is 622 g/mol. The van der Waals surface area contributed by atoms with Crippen molar-refractivity contribution in [2.45, 2.75) is 238 Å². The van der Waals surface area contributed by atoms with Gasteiger partial charge in [0.15, 0.2) is 0 Å². The van der Waals surface area contributed by atoms with Gasteiger partial charge in [-0.25, -0.2) is 0 Å². The van der Waals surface area contributed by atoms with Gasteiger partial charge in [-0.2, -0.15) is 0 Å². The van der Waals surface area contributed by atoms with Crippen molar-refractivity contribution in [3.05, 3.63) is 0 Å². The number of unbranched alkanes of at least 4 members (excludes halogenated alkanes) is 30. The summed E-state index contributed by atoms with van der Waals surface area (Å²) in [4.78, 5) is 14.5. The molecule has 3 heteroatoms. The highest BCUT2D eigenvalue weighted by Crippen LogP contribution is 2.17. The first-order chi connectivity index (χ1) is 21.6. The molecule has 0 heterocycles. The molecule has 0 bridgehead atoms. The zero-order valence-corrected chi connectivity index (χ0v) is 30.8. The smallest absolute Gasteiger partial charge is 0.135 e. The Bertz CT molecular complexity index is 549. The van der Waals surface area contributed by atoms with Crippen LogP contribution < -0.4 is 0 Å². The van der Waals surface area contributed by atoms with E-state index in [1.165, 1.54) is 199 Å². The molecule has 0 amide bonds. The van der Waals surface area contributed by atoms with E-state index in [-0.39, 0.29) is 5.78 Å². The Morgan fingerprint density at radius 3 is 1.09 bits per heavy atom. The maximum atomic E-state index is 12.2. The van der Waals surface area contributed by atoms with Crippen molar-refractivity contribution < 1.29 is 9.90 Å². The fraction of sp³-hybridized carbons (Fsp3) is 0.976. The molecule has 0 spiro atoms. The number of rotatable bonds is 38. The summed E-state index contributed by atoms with van der Waals surface area (Å²) in [7, 11) is 4.34. The predicted octanol–water partition coefficient (Wildman–Crippen LogP) is 13.2. The molecule has 0 aliphatic rings. The van der Waals surface area contributed by atoms with E-state index in [0.717, 1.165) is 19.3 Å². The van der Waals surface area contributed by atoms with Crippen LogP contribution in [-0.2, 0) is 4.79 Å². The molecule has 1 unspecified atom stereocenters. The van der Waals surface area contributed by atoms with Crippen molar-refractivity contribution in [2.24, 2.45) is 0 Å². The number of carbonyl (C=O) groups excluding carboxylic acids is 1. The normalized spacial score (nSPS) is 12.4. The summed E-state index contributed by atoms with van der Waals surface area (Å²) < 4.78 is 0. The minimum Gasteiger partial charge on any atom is -0.393 e. The average molecular weight is 622 g/mol. The van der Waals surface area contributed by atoms with Crippen molar-refractivity contribution in [3.63, 3.8) is 0 Å². The van der Waals surface area contributed by atoms with Gasteiger partial charge >= 0.3 is 0 Å². The Kier molecular flexibility index (Phi) is 36.7. The van der Waals surface area contributed by atoms with Crippen molar-refractivity contribution in [1.29, 1.82) is 0 Å². The molecule has 0 aromatic heterocycles. The summed E-state index contributed by atoms with van der Waals surface area (Å²) in [6.45, 7) is 3.53. The SMILES string of the molecule is CCCCCCCCCCCCCCCCCC(=O)CC(O)CCCCCCCCCCCCCCCCCCCN(C)C. The summed E-state index contributed by atoms with van der Waals surface area (Å²) in [6, 6.07) is 0. The second kappa shape index (κ2) is 37.1. The number of aliphatic hydroxyl groups excluding tert-OH is 1. The molecule has 0 radical (unpaired) electrons. The van der Waals surface area contributed by atoms with Gasteiger partial charge in [0.2, 0.25) is 0 Å². The summed E-state index contributed by atoms with van der Waals surface area (Å²) in [5, 5.41) is 10.3. The number of nitrogens with zero attached hydrogens (tertiary/aromatic N) is 1. The van der Waals surface area contributed by atoms with E-state index in [0.29, 0.717) is 12.8 Å². The zero-order chi connectivity index (χ0) is 32.2. The van der Waals surface area contributed by atoms with Gasteiger partial charge in [-0.15, -0.1) is 0 Å². The molecule has 0 aromatic rings. The van der Waals surface area contributed by atoms with E-state index in [4.69, 9.17) is 0 Å². The maximum Gasteiger partial charge on any atom is 0.135 e. The molecule has 44 heavy (non-hydrogen) atoms. The Morgan fingerprint density at radius 1 is 0.455 bits per heavy atom. The lowest BCUT2D eigenvalue weighted by molar-refractivity contribution is -0.121. The average Bonchev–Trinajstić information content (AvgIpc) is 3.00. The van der Waals surface area contributed by atoms with Crippen molar-refractivity contribution in [1.82, 2.24) is 4.90 Å². The second-order valence-corrected chi connectivity index (χ2v) is 14.7. The molecule has 0 rings (SSSR count). The van der Waals surface area contributed by atoms with Crippen LogP contribution in [0, 0.1) is 0 Å². The fourth-order valence-corrected chi connectivity index (χ4v) is 6.62. The van der Waals surface area contributed by atoms with Crippen molar-refractivity contribution in [3.8, 4) is 0 Å². The van der Waals surface area contributed by atoms with Crippen LogP contribution in [-0.4, -0.2) is 42.5 Å². The molecule has 0 aliphatic heterocycles. The molecule has 0 aromatic carbocycles. The quantitative estimate of drug-likeness (QED) is 0.0697. The topological polar surface area (TPSA) is 40.5 Å². The molecule has 0 aliphatic carbocycles. The third kappa shape index (κ3) is 37.8. The lowest BCUT2D eigenvalue weighted by atomic mass is 10.00. The highest BCUT2D eigenvalue weighted by atomic mass is 16.3. The van der Waals surface area contributed by atoms with Gasteiger partial charge in [-0.1, -0.05) is 200 Å². The van der Waals surface area contributed by atoms with E-state index in [2.05, 4.69) is 25.9 Å². The van der Waals surface area contributed by atoms with E-state index in [9.17, 15) is 9.90 Å². The molecule has 0 saturated heterocycles. The zero-order valence-electron chi connectivity index (χ0n) is 30.8. The van der Waals surface area contributed by atoms with Crippen LogP contribution in [0.5, 0.6) is 0 Å². The van der Waals surface area contributed by atoms with Crippen molar-refractivity contribution >= 4 is 5.78 Å². The van der Waals surface area contributed by atoms with E-state index >= 15 is 0 Å². The van der Waals surface area contributed by atoms with Crippen LogP contribution in [0.4, 0.5) is 0 Å². The molecule has 0 saturated carbocycles. The predicted molar refractivity (Wildman–Crippen MR) is 197 cm³/mol. The molecule has 3 nitrogen and oxygen atoms in total. The van der Waals surface area contributed by atoms with Crippen LogP contribution in [0.15, 0.2) is 0 Å². The third-order valence-electron chi connectivity index (χ3n) is 9.67. The molecular weight excluding hydrogens is 538 g/mol. The number of carbonyl (C=O) groups is 1. The molecule has 1 N–H and O–H groups in total. The first-order valence-corrected chi connectivity index (χ1v) is 20.4. The van der Waals surface area contributed by atoms with Crippen molar-refractivity contribution in [2.75, 3.05) is 20.6 Å². The van der Waals surface area contributed by atoms with E-state index in [1.54, 1.807) is 0 Å². The molecule has 264 valence electrons. The Balaban J connectivity index is 3.26.